The summed E-state index contributed by atoms with van der Waals surface area (Å²) in [5.74, 6) is -8.25. The lowest BCUT2D eigenvalue weighted by molar-refractivity contribution is 0.337. The Morgan fingerprint density at radius 1 is 0.221 bits per heavy atom. The van der Waals surface area contributed by atoms with Gasteiger partial charge < -0.3 is 154 Å². The summed E-state index contributed by atoms with van der Waals surface area (Å²) in [4.78, 5) is 224. The molecular weight excluding hydrogens is 1260 g/mol. The average Bonchev–Trinajstić information content (AvgIpc) is 2.81. The molecular formula is C9H51N3O42P14. The zero-order chi connectivity index (χ0) is 58.2. The summed E-state index contributed by atoms with van der Waals surface area (Å²) < 4.78 is 138. The molecule has 0 atom stereocenters. The molecule has 0 unspecified atom stereocenters. The minimum Gasteiger partial charge on any atom is -0.329 e. The van der Waals surface area contributed by atoms with E-state index in [2.05, 4.69) is 5.73 Å². The Bertz CT molecular complexity index is 1650. The van der Waals surface area contributed by atoms with Crippen molar-refractivity contribution >= 4 is 106 Å². The number of hydrogen-bond acceptors (Lipinski definition) is 17. The van der Waals surface area contributed by atoms with E-state index >= 15 is 0 Å². The summed E-state index contributed by atoms with van der Waals surface area (Å²) in [7, 11) is -64.3. The third-order valence-corrected chi connectivity index (χ3v) is 23.9. The van der Waals surface area contributed by atoms with E-state index in [9.17, 15) is 63.9 Å². The molecule has 0 saturated carbocycles. The molecule has 0 aliphatic rings. The molecule has 0 aliphatic carbocycles. The third-order valence-electron chi connectivity index (χ3n) is 3.07. The van der Waals surface area contributed by atoms with Crippen LogP contribution in [0.3, 0.4) is 0 Å². The molecule has 0 heterocycles. The van der Waals surface area contributed by atoms with Crippen LogP contribution in [0.1, 0.15) is 0 Å². The summed E-state index contributed by atoms with van der Waals surface area (Å²) in [5, 5.41) is 0. The van der Waals surface area contributed by atoms with Crippen molar-refractivity contribution < 1.29 is 201 Å². The zero-order valence-corrected chi connectivity index (χ0v) is 45.0. The fourth-order valence-corrected chi connectivity index (χ4v) is 14.7. The first-order chi connectivity index (χ1) is 28.3. The molecule has 0 rings (SSSR count). The van der Waals surface area contributed by atoms with Gasteiger partial charge in [0.15, 0.2) is 35.4 Å². The molecule has 0 aliphatic heterocycles. The monoisotopic (exact) mass is 1310 g/mol. The number of hydrogen-bond donors (Lipinski definition) is 31. The molecule has 68 heavy (non-hydrogen) atoms. The minimum atomic E-state index is -4.86. The first-order valence-corrected chi connectivity index (χ1v) is 39.1. The van der Waals surface area contributed by atoms with Crippen LogP contribution < -0.4 is 17.2 Å². The normalized spacial score (nSPS) is 13.5. The van der Waals surface area contributed by atoms with Gasteiger partial charge >= 0.3 is 106 Å². The molecule has 34 N–H and O–H groups in total. The van der Waals surface area contributed by atoms with Gasteiger partial charge in [0, 0.05) is 13.1 Å². The highest BCUT2D eigenvalue weighted by Gasteiger charge is 2.40. The third kappa shape index (κ3) is 117. The van der Waals surface area contributed by atoms with E-state index in [1.54, 1.807) is 0 Å². The molecule has 45 nitrogen and oxygen atoms in total. The predicted molar refractivity (Wildman–Crippen MR) is 224 cm³/mol. The fourth-order valence-electron chi connectivity index (χ4n) is 1.64. The Morgan fingerprint density at radius 3 is 0.294 bits per heavy atom. The summed E-state index contributed by atoms with van der Waals surface area (Å²) in [6.07, 6.45) is 0. The predicted octanol–water partition coefficient (Wildman–Crippen LogP) is -6.72. The van der Waals surface area contributed by atoms with E-state index in [1.165, 1.54) is 0 Å². The molecule has 0 aromatic rings. The van der Waals surface area contributed by atoms with Crippen molar-refractivity contribution in [3.05, 3.63) is 0 Å². The van der Waals surface area contributed by atoms with Gasteiger partial charge in [-0.05, 0) is 0 Å². The Kier molecular flexibility index (Phi) is 43.2. The number of nitrogens with two attached hydrogens (primary N) is 3. The second-order valence-corrected chi connectivity index (χ2v) is 37.6. The van der Waals surface area contributed by atoms with Crippen LogP contribution in [0, 0.1) is 0 Å². The first kappa shape index (κ1) is 86.7. The first-order valence-electron chi connectivity index (χ1n) is 14.1. The Labute approximate surface area is 377 Å². The zero-order valence-electron chi connectivity index (χ0n) is 32.5. The van der Waals surface area contributed by atoms with Crippen LogP contribution in [0.2, 0.25) is 0 Å². The second-order valence-electron chi connectivity index (χ2n) is 11.0. The smallest absolute Gasteiger partial charge is 0.329 e. The Hall–Kier alpha value is 1.98. The van der Waals surface area contributed by atoms with Gasteiger partial charge in [-0.2, -0.15) is 0 Å². The molecule has 0 saturated heterocycles. The molecule has 0 radical (unpaired) electrons. The summed E-state index contributed by atoms with van der Waals surface area (Å²) in [5.41, 5.74) is 11.9. The molecule has 0 aromatic carbocycles. The van der Waals surface area contributed by atoms with Crippen LogP contribution in [0.4, 0.5) is 0 Å². The molecule has 0 spiro atoms. The number of rotatable bonds is 15. The largest absolute Gasteiger partial charge is 0.354 e. The maximum absolute atomic E-state index is 10.1. The summed E-state index contributed by atoms with van der Waals surface area (Å²) in [6, 6.07) is 0. The maximum atomic E-state index is 10.1. The van der Waals surface area contributed by atoms with Crippen LogP contribution >= 0.6 is 106 Å². The van der Waals surface area contributed by atoms with Crippen LogP contribution in [-0.2, 0) is 63.9 Å². The van der Waals surface area contributed by atoms with E-state index in [0.717, 1.165) is 0 Å². The summed E-state index contributed by atoms with van der Waals surface area (Å²) in [6.45, 7) is 1.19. The summed E-state index contributed by atoms with van der Waals surface area (Å²) >= 11 is 0. The molecule has 0 aromatic heterocycles. The van der Waals surface area contributed by atoms with Crippen molar-refractivity contribution in [1.29, 1.82) is 0 Å². The second kappa shape index (κ2) is 33.9. The molecule has 0 amide bonds. The van der Waals surface area contributed by atoms with Crippen LogP contribution in [0.15, 0.2) is 0 Å². The van der Waals surface area contributed by atoms with E-state index in [-0.39, 0.29) is 0 Å². The lowest BCUT2D eigenvalue weighted by Gasteiger charge is -2.13. The van der Waals surface area contributed by atoms with Crippen LogP contribution in [-0.4, -0.2) is 191 Å². The highest BCUT2D eigenvalue weighted by atomic mass is 31.3. The van der Waals surface area contributed by atoms with E-state index in [1.807, 2.05) is 0 Å². The lowest BCUT2D eigenvalue weighted by atomic mass is 10.7. The van der Waals surface area contributed by atoms with Gasteiger partial charge in [-0.25, -0.2) is 0 Å². The Balaban J connectivity index is -0.000000102. The van der Waals surface area contributed by atoms with Gasteiger partial charge in [0.25, 0.3) is 0 Å². The van der Waals surface area contributed by atoms with Crippen LogP contribution in [0.5, 0.6) is 0 Å². The highest BCUT2D eigenvalue weighted by molar-refractivity contribution is 7.72. The van der Waals surface area contributed by atoms with E-state index in [0.29, 0.717) is 13.1 Å². The van der Waals surface area contributed by atoms with Gasteiger partial charge in [0.05, 0.1) is 0 Å². The van der Waals surface area contributed by atoms with Crippen molar-refractivity contribution in [3.63, 3.8) is 0 Å². The van der Waals surface area contributed by atoms with Gasteiger partial charge in [-0.1, -0.05) is 0 Å². The highest BCUT2D eigenvalue weighted by Crippen LogP contribution is 2.57. The molecule has 424 valence electrons. The van der Waals surface area contributed by atoms with Crippen LogP contribution in [0.25, 0.3) is 0 Å². The quantitative estimate of drug-likeness (QED) is 0.0678. The minimum absolute atomic E-state index is 0.597. The standard InChI is InChI=1S/C2H8N2.CH7NO6P2.6CH6O6P2/c3-1-2-4;2-1(9(3,4)5)10(6,7)8;6*2-8(3,4)1-9(5,6)7/h1-4H2;1H,2H2,(H2,3,4,5)(H2,6,7,8);6*1H2,(H2,2,3,4)(H2,5,6,7). The van der Waals surface area contributed by atoms with Crippen molar-refractivity contribution in [2.24, 2.45) is 17.2 Å². The van der Waals surface area contributed by atoms with Gasteiger partial charge in [-0.15, -0.1) is 0 Å². The fraction of sp³-hybridized carbons (Fsp3) is 1.00. The molecule has 0 bridgehead atoms. The topological polar surface area (TPSA) is 883 Å². The maximum Gasteiger partial charge on any atom is 0.354 e. The van der Waals surface area contributed by atoms with Gasteiger partial charge in [-0.3, -0.25) is 63.9 Å². The van der Waals surface area contributed by atoms with Crippen molar-refractivity contribution in [3.8, 4) is 0 Å². The average molecular weight is 1310 g/mol. The van der Waals surface area contributed by atoms with Gasteiger partial charge in [0.2, 0.25) is 5.52 Å². The SMILES string of the molecule is NC(P(=O)(O)O)P(=O)(O)O.NCCN.O=P(O)(O)CP(=O)(O)O.O=P(O)(O)CP(=O)(O)O.O=P(O)(O)CP(=O)(O)O.O=P(O)(O)CP(=O)(O)O.O=P(O)(O)CP(=O)(O)O.O=P(O)(O)CP(=O)(O)O. The van der Waals surface area contributed by atoms with E-state index in [4.69, 9.17) is 148 Å². The van der Waals surface area contributed by atoms with Crippen molar-refractivity contribution in [2.45, 2.75) is 5.52 Å². The van der Waals surface area contributed by atoms with Crippen molar-refractivity contribution in [2.75, 3.05) is 48.5 Å². The van der Waals surface area contributed by atoms with Crippen molar-refractivity contribution in [1.82, 2.24) is 0 Å². The Morgan fingerprint density at radius 2 is 0.294 bits per heavy atom. The molecule has 0 fully saturated rings. The lowest BCUT2D eigenvalue weighted by Crippen LogP contribution is -2.19. The van der Waals surface area contributed by atoms with E-state index < -0.39 is 147 Å². The van der Waals surface area contributed by atoms with Gasteiger partial charge in [0.1, 0.15) is 0 Å². The molecule has 59 heteroatoms.